The van der Waals surface area contributed by atoms with Gasteiger partial charge in [0.05, 0.1) is 10.6 Å². The quantitative estimate of drug-likeness (QED) is 0.299. The highest BCUT2D eigenvalue weighted by Crippen LogP contribution is 2.19. The molecule has 1 aromatic heterocycles. The third-order valence-electron chi connectivity index (χ3n) is 4.62. The highest BCUT2D eigenvalue weighted by Gasteiger charge is 2.13. The van der Waals surface area contributed by atoms with E-state index in [1.54, 1.807) is 43.4 Å². The van der Waals surface area contributed by atoms with Gasteiger partial charge in [0.15, 0.2) is 15.8 Å². The third-order valence-corrected chi connectivity index (χ3v) is 6.44. The highest BCUT2D eigenvalue weighted by atomic mass is 32.2. The average molecular weight is 417 g/mol. The number of rotatable bonds is 8. The molecule has 3 rings (SSSR count). The molecule has 6 nitrogen and oxygen atoms in total. The van der Waals surface area contributed by atoms with E-state index in [1.807, 2.05) is 6.20 Å². The maximum Gasteiger partial charge on any atom is 0.190 e. The Bertz CT molecular complexity index is 1080. The number of H-pyrrole nitrogens is 1. The van der Waals surface area contributed by atoms with Gasteiger partial charge in [-0.15, -0.1) is 0 Å². The van der Waals surface area contributed by atoms with Crippen LogP contribution in [0.25, 0.3) is 10.9 Å². The van der Waals surface area contributed by atoms with E-state index < -0.39 is 9.84 Å². The molecule has 0 atom stereocenters. The van der Waals surface area contributed by atoms with Crippen molar-refractivity contribution in [1.82, 2.24) is 15.6 Å². The van der Waals surface area contributed by atoms with Gasteiger partial charge in [0, 0.05) is 37.2 Å². The molecule has 0 spiro atoms. The van der Waals surface area contributed by atoms with E-state index in [1.165, 1.54) is 12.1 Å². The van der Waals surface area contributed by atoms with Crippen LogP contribution in [0, 0.1) is 5.82 Å². The Morgan fingerprint density at radius 1 is 1.10 bits per heavy atom. The molecule has 0 saturated heterocycles. The van der Waals surface area contributed by atoms with Crippen molar-refractivity contribution in [3.63, 3.8) is 0 Å². The number of benzene rings is 2. The zero-order valence-corrected chi connectivity index (χ0v) is 17.1. The number of aromatic amines is 1. The van der Waals surface area contributed by atoms with Crippen LogP contribution in [0.2, 0.25) is 0 Å². The minimum atomic E-state index is -3.27. The van der Waals surface area contributed by atoms with E-state index in [0.717, 1.165) is 16.5 Å². The van der Waals surface area contributed by atoms with E-state index in [9.17, 15) is 12.8 Å². The molecule has 0 fully saturated rings. The van der Waals surface area contributed by atoms with Crippen molar-refractivity contribution in [2.75, 3.05) is 25.9 Å². The number of aromatic nitrogens is 1. The topological polar surface area (TPSA) is 86.3 Å². The van der Waals surface area contributed by atoms with Crippen molar-refractivity contribution in [2.45, 2.75) is 17.7 Å². The van der Waals surface area contributed by atoms with Crippen LogP contribution in [-0.4, -0.2) is 45.3 Å². The first-order chi connectivity index (χ1) is 14.0. The summed E-state index contributed by atoms with van der Waals surface area (Å²) < 4.78 is 38.0. The molecule has 0 saturated carbocycles. The molecule has 0 amide bonds. The summed E-state index contributed by atoms with van der Waals surface area (Å²) in [6.07, 6.45) is 3.06. The Labute approximate surface area is 170 Å². The molecule has 0 bridgehead atoms. The summed E-state index contributed by atoms with van der Waals surface area (Å²) in [5.74, 6) is 0.421. The van der Waals surface area contributed by atoms with Crippen molar-refractivity contribution < 1.29 is 12.8 Å². The lowest BCUT2D eigenvalue weighted by Crippen LogP contribution is -2.39. The molecule has 2 aromatic carbocycles. The molecule has 0 aliphatic rings. The van der Waals surface area contributed by atoms with E-state index in [0.29, 0.717) is 36.8 Å². The Balaban J connectivity index is 1.43. The van der Waals surface area contributed by atoms with E-state index in [4.69, 9.17) is 0 Å². The van der Waals surface area contributed by atoms with Crippen molar-refractivity contribution in [3.8, 4) is 0 Å². The minimum Gasteiger partial charge on any atom is -0.361 e. The lowest BCUT2D eigenvalue weighted by atomic mass is 10.1. The highest BCUT2D eigenvalue weighted by molar-refractivity contribution is 7.91. The summed E-state index contributed by atoms with van der Waals surface area (Å²) in [5, 5.41) is 7.20. The molecule has 154 valence electrons. The number of fused-ring (bicyclic) bond motifs is 1. The number of hydrogen-bond donors (Lipinski definition) is 3. The number of halogens is 1. The largest absolute Gasteiger partial charge is 0.361 e. The van der Waals surface area contributed by atoms with Gasteiger partial charge in [-0.25, -0.2) is 12.8 Å². The molecule has 29 heavy (non-hydrogen) atoms. The minimum absolute atomic E-state index is 0.0713. The average Bonchev–Trinajstić information content (AvgIpc) is 3.12. The van der Waals surface area contributed by atoms with Crippen LogP contribution in [0.5, 0.6) is 0 Å². The van der Waals surface area contributed by atoms with Crippen molar-refractivity contribution >= 4 is 26.7 Å². The molecule has 3 N–H and O–H groups in total. The van der Waals surface area contributed by atoms with E-state index in [-0.39, 0.29) is 11.6 Å². The first-order valence-corrected chi connectivity index (χ1v) is 11.1. The molecular weight excluding hydrogens is 391 g/mol. The second-order valence-electron chi connectivity index (χ2n) is 6.67. The van der Waals surface area contributed by atoms with E-state index >= 15 is 0 Å². The predicted molar refractivity (Wildman–Crippen MR) is 114 cm³/mol. The van der Waals surface area contributed by atoms with Gasteiger partial charge in [-0.3, -0.25) is 4.99 Å². The summed E-state index contributed by atoms with van der Waals surface area (Å²) in [4.78, 5) is 7.64. The molecule has 0 radical (unpaired) electrons. The number of aliphatic imine (C=N–C) groups is 1. The van der Waals surface area contributed by atoms with Crippen LogP contribution in [0.15, 0.2) is 64.6 Å². The van der Waals surface area contributed by atoms with Crippen LogP contribution in [-0.2, 0) is 16.3 Å². The summed E-state index contributed by atoms with van der Waals surface area (Å²) >= 11 is 0. The van der Waals surface area contributed by atoms with Gasteiger partial charge < -0.3 is 15.6 Å². The Morgan fingerprint density at radius 3 is 2.62 bits per heavy atom. The first-order valence-electron chi connectivity index (χ1n) is 9.47. The van der Waals surface area contributed by atoms with Gasteiger partial charge >= 0.3 is 0 Å². The van der Waals surface area contributed by atoms with Crippen molar-refractivity contribution in [3.05, 3.63) is 66.1 Å². The van der Waals surface area contributed by atoms with Crippen LogP contribution < -0.4 is 10.6 Å². The molecule has 8 heteroatoms. The number of nitrogens with zero attached hydrogens (tertiary/aromatic N) is 1. The van der Waals surface area contributed by atoms with Gasteiger partial charge in [0.25, 0.3) is 0 Å². The van der Waals surface area contributed by atoms with Crippen molar-refractivity contribution in [1.29, 1.82) is 0 Å². The second kappa shape index (κ2) is 9.56. The number of hydrogen-bond acceptors (Lipinski definition) is 3. The maximum atomic E-state index is 13.5. The zero-order valence-electron chi connectivity index (χ0n) is 16.3. The molecular formula is C21H25FN4O2S. The lowest BCUT2D eigenvalue weighted by Gasteiger charge is -2.12. The van der Waals surface area contributed by atoms with Gasteiger partial charge in [-0.05, 0) is 48.7 Å². The molecule has 1 heterocycles. The summed E-state index contributed by atoms with van der Waals surface area (Å²) in [6, 6.07) is 13.2. The first kappa shape index (κ1) is 20.9. The second-order valence-corrected chi connectivity index (χ2v) is 8.77. The fraction of sp³-hybridized carbons (Fsp3) is 0.286. The number of nitrogens with one attached hydrogen (secondary N) is 3. The summed E-state index contributed by atoms with van der Waals surface area (Å²) in [7, 11) is -1.61. The summed E-state index contributed by atoms with van der Waals surface area (Å²) in [5.41, 5.74) is 1.93. The van der Waals surface area contributed by atoms with E-state index in [2.05, 4.69) is 20.6 Å². The van der Waals surface area contributed by atoms with Gasteiger partial charge in [-0.1, -0.05) is 18.2 Å². The fourth-order valence-electron chi connectivity index (χ4n) is 3.11. The van der Waals surface area contributed by atoms with Gasteiger partial charge in [0.1, 0.15) is 5.82 Å². The molecule has 3 aromatic rings. The number of guanidine groups is 1. The third kappa shape index (κ3) is 5.57. The normalized spacial score (nSPS) is 12.3. The molecule has 0 aliphatic heterocycles. The molecule has 0 aliphatic carbocycles. The smallest absolute Gasteiger partial charge is 0.190 e. The Hall–Kier alpha value is -2.87. The maximum absolute atomic E-state index is 13.5. The molecule has 0 unspecified atom stereocenters. The van der Waals surface area contributed by atoms with Crippen LogP contribution in [0.1, 0.15) is 12.0 Å². The Kier molecular flexibility index (Phi) is 6.87. The van der Waals surface area contributed by atoms with Crippen LogP contribution in [0.3, 0.4) is 0 Å². The Morgan fingerprint density at radius 2 is 1.86 bits per heavy atom. The fourth-order valence-corrected chi connectivity index (χ4v) is 4.44. The summed E-state index contributed by atoms with van der Waals surface area (Å²) in [6.45, 7) is 1.11. The van der Waals surface area contributed by atoms with Crippen molar-refractivity contribution in [2.24, 2.45) is 4.99 Å². The lowest BCUT2D eigenvalue weighted by molar-refractivity contribution is 0.592. The predicted octanol–water partition coefficient (Wildman–Crippen LogP) is 2.88. The van der Waals surface area contributed by atoms with Crippen LogP contribution in [0.4, 0.5) is 4.39 Å². The van der Waals surface area contributed by atoms with Gasteiger partial charge in [-0.2, -0.15) is 0 Å². The van der Waals surface area contributed by atoms with Gasteiger partial charge in [0.2, 0.25) is 0 Å². The number of sulfone groups is 1. The monoisotopic (exact) mass is 416 g/mol. The zero-order chi connectivity index (χ0) is 20.7. The SMILES string of the molecule is CN=C(NCCCS(=O)(=O)c1ccccc1)NCCc1c[nH]c2ccc(F)cc12. The van der Waals surface area contributed by atoms with Crippen LogP contribution >= 0.6 is 0 Å². The standard InChI is InChI=1S/C21H25FN4O2S/c1-23-21(24-11-5-13-29(27,28)18-6-3-2-4-7-18)25-12-10-16-15-26-20-9-8-17(22)14-19(16)20/h2-4,6-9,14-15,26H,5,10-13H2,1H3,(H2,23,24,25).